The standard InChI is InChI=1S/C7H14F2N2O2/c1-11(2)7(12)10-3-4-13-5-6(8)9/h6H,3-5H2,1-2H3,(H,10,12). The van der Waals surface area contributed by atoms with Crippen molar-refractivity contribution >= 4 is 6.03 Å². The van der Waals surface area contributed by atoms with Gasteiger partial charge in [-0.1, -0.05) is 0 Å². The quantitative estimate of drug-likeness (QED) is 0.652. The number of carbonyl (C=O) groups is 1. The average Bonchev–Trinajstić information content (AvgIpc) is 2.02. The highest BCUT2D eigenvalue weighted by atomic mass is 19.3. The number of hydrogen-bond acceptors (Lipinski definition) is 2. The molecule has 2 amide bonds. The SMILES string of the molecule is CN(C)C(=O)NCCOCC(F)F. The van der Waals surface area contributed by atoms with Crippen molar-refractivity contribution in [1.29, 1.82) is 0 Å². The largest absolute Gasteiger partial charge is 0.374 e. The van der Waals surface area contributed by atoms with Crippen LogP contribution in [0.1, 0.15) is 0 Å². The molecule has 0 radical (unpaired) electrons. The number of ether oxygens (including phenoxy) is 1. The van der Waals surface area contributed by atoms with E-state index < -0.39 is 13.0 Å². The molecule has 78 valence electrons. The average molecular weight is 196 g/mol. The van der Waals surface area contributed by atoms with Crippen LogP contribution in [0.25, 0.3) is 0 Å². The molecule has 0 atom stereocenters. The van der Waals surface area contributed by atoms with Gasteiger partial charge in [0, 0.05) is 20.6 Å². The predicted octanol–water partition coefficient (Wildman–Crippen LogP) is 0.539. The summed E-state index contributed by atoms with van der Waals surface area (Å²) >= 11 is 0. The van der Waals surface area contributed by atoms with Crippen molar-refractivity contribution in [3.63, 3.8) is 0 Å². The lowest BCUT2D eigenvalue weighted by Crippen LogP contribution is -2.36. The molecular formula is C7H14F2N2O2. The van der Waals surface area contributed by atoms with Crippen molar-refractivity contribution in [3.05, 3.63) is 0 Å². The van der Waals surface area contributed by atoms with E-state index in [0.717, 1.165) is 0 Å². The normalized spacial score (nSPS) is 10.2. The molecule has 0 aromatic rings. The molecule has 0 aliphatic heterocycles. The topological polar surface area (TPSA) is 41.6 Å². The molecule has 0 rings (SSSR count). The van der Waals surface area contributed by atoms with Gasteiger partial charge in [-0.2, -0.15) is 0 Å². The van der Waals surface area contributed by atoms with Crippen molar-refractivity contribution < 1.29 is 18.3 Å². The van der Waals surface area contributed by atoms with Crippen LogP contribution >= 0.6 is 0 Å². The van der Waals surface area contributed by atoms with Crippen LogP contribution in [-0.2, 0) is 4.74 Å². The Morgan fingerprint density at radius 2 is 2.15 bits per heavy atom. The van der Waals surface area contributed by atoms with E-state index in [2.05, 4.69) is 10.1 Å². The monoisotopic (exact) mass is 196 g/mol. The van der Waals surface area contributed by atoms with Crippen LogP contribution in [0.2, 0.25) is 0 Å². The lowest BCUT2D eigenvalue weighted by atomic mass is 10.6. The predicted molar refractivity (Wildman–Crippen MR) is 43.9 cm³/mol. The van der Waals surface area contributed by atoms with Gasteiger partial charge >= 0.3 is 6.03 Å². The summed E-state index contributed by atoms with van der Waals surface area (Å²) in [5.74, 6) is 0. The lowest BCUT2D eigenvalue weighted by Gasteiger charge is -2.11. The third-order valence-electron chi connectivity index (χ3n) is 1.17. The summed E-state index contributed by atoms with van der Waals surface area (Å²) in [5.41, 5.74) is 0. The Hall–Kier alpha value is -0.910. The van der Waals surface area contributed by atoms with Gasteiger partial charge in [0.05, 0.1) is 6.61 Å². The fraction of sp³-hybridized carbons (Fsp3) is 0.857. The van der Waals surface area contributed by atoms with Gasteiger partial charge in [0.1, 0.15) is 6.61 Å². The van der Waals surface area contributed by atoms with Crippen molar-refractivity contribution in [2.75, 3.05) is 33.9 Å². The zero-order valence-electron chi connectivity index (χ0n) is 7.72. The van der Waals surface area contributed by atoms with Gasteiger partial charge in [0.15, 0.2) is 0 Å². The molecule has 4 nitrogen and oxygen atoms in total. The Bertz CT molecular complexity index is 153. The first-order valence-corrected chi connectivity index (χ1v) is 3.85. The number of urea groups is 1. The van der Waals surface area contributed by atoms with Crippen LogP contribution in [0.15, 0.2) is 0 Å². The summed E-state index contributed by atoms with van der Waals surface area (Å²) in [6.07, 6.45) is -2.45. The summed E-state index contributed by atoms with van der Waals surface area (Å²) in [4.78, 5) is 12.2. The third kappa shape index (κ3) is 7.45. The van der Waals surface area contributed by atoms with Gasteiger partial charge in [0.2, 0.25) is 0 Å². The molecule has 0 fully saturated rings. The summed E-state index contributed by atoms with van der Waals surface area (Å²) in [6.45, 7) is -0.245. The maximum absolute atomic E-state index is 11.5. The van der Waals surface area contributed by atoms with E-state index in [1.807, 2.05) is 0 Å². The summed E-state index contributed by atoms with van der Waals surface area (Å²) in [5, 5.41) is 2.47. The zero-order chi connectivity index (χ0) is 10.3. The Balaban J connectivity index is 3.21. The molecule has 0 unspecified atom stereocenters. The molecule has 0 spiro atoms. The lowest BCUT2D eigenvalue weighted by molar-refractivity contribution is 0.0192. The van der Waals surface area contributed by atoms with E-state index >= 15 is 0 Å². The van der Waals surface area contributed by atoms with Crippen molar-refractivity contribution in [2.45, 2.75) is 6.43 Å². The van der Waals surface area contributed by atoms with E-state index in [1.54, 1.807) is 14.1 Å². The van der Waals surface area contributed by atoms with Gasteiger partial charge < -0.3 is 15.0 Å². The minimum atomic E-state index is -2.45. The number of rotatable bonds is 5. The fourth-order valence-corrected chi connectivity index (χ4v) is 0.561. The first-order chi connectivity index (χ1) is 6.04. The highest BCUT2D eigenvalue weighted by Gasteiger charge is 2.03. The van der Waals surface area contributed by atoms with Gasteiger partial charge in [-0.25, -0.2) is 13.6 Å². The van der Waals surface area contributed by atoms with E-state index in [9.17, 15) is 13.6 Å². The third-order valence-corrected chi connectivity index (χ3v) is 1.17. The Morgan fingerprint density at radius 1 is 1.54 bits per heavy atom. The molecular weight excluding hydrogens is 182 g/mol. The van der Waals surface area contributed by atoms with Crippen LogP contribution in [0, 0.1) is 0 Å². The molecule has 0 bridgehead atoms. The van der Waals surface area contributed by atoms with Gasteiger partial charge in [-0.15, -0.1) is 0 Å². The molecule has 6 heteroatoms. The van der Waals surface area contributed by atoms with Crippen LogP contribution in [0.4, 0.5) is 13.6 Å². The second-order valence-electron chi connectivity index (χ2n) is 2.59. The van der Waals surface area contributed by atoms with Gasteiger partial charge in [-0.05, 0) is 0 Å². The smallest absolute Gasteiger partial charge is 0.316 e. The summed E-state index contributed by atoms with van der Waals surface area (Å²) < 4.78 is 27.6. The molecule has 1 N–H and O–H groups in total. The van der Waals surface area contributed by atoms with E-state index in [1.165, 1.54) is 4.90 Å². The Labute approximate surface area is 75.8 Å². The minimum absolute atomic E-state index is 0.101. The Kier molecular flexibility index (Phi) is 6.13. The molecule has 0 aliphatic carbocycles. The van der Waals surface area contributed by atoms with Crippen LogP contribution in [0.5, 0.6) is 0 Å². The van der Waals surface area contributed by atoms with E-state index in [-0.39, 0.29) is 19.2 Å². The van der Waals surface area contributed by atoms with Crippen LogP contribution < -0.4 is 5.32 Å². The highest BCUT2D eigenvalue weighted by Crippen LogP contribution is 1.91. The number of alkyl halides is 2. The molecule has 0 saturated carbocycles. The number of nitrogens with one attached hydrogen (secondary N) is 1. The highest BCUT2D eigenvalue weighted by molar-refractivity contribution is 5.73. The maximum atomic E-state index is 11.5. The minimum Gasteiger partial charge on any atom is -0.374 e. The molecule has 13 heavy (non-hydrogen) atoms. The van der Waals surface area contributed by atoms with E-state index in [4.69, 9.17) is 0 Å². The number of amides is 2. The number of carbonyl (C=O) groups excluding carboxylic acids is 1. The summed E-state index contributed by atoms with van der Waals surface area (Å²) in [7, 11) is 3.19. The number of hydrogen-bond donors (Lipinski definition) is 1. The number of halogens is 2. The zero-order valence-corrected chi connectivity index (χ0v) is 7.72. The van der Waals surface area contributed by atoms with Gasteiger partial charge in [-0.3, -0.25) is 0 Å². The number of nitrogens with zero attached hydrogens (tertiary/aromatic N) is 1. The van der Waals surface area contributed by atoms with Crippen LogP contribution in [0.3, 0.4) is 0 Å². The molecule has 0 aromatic heterocycles. The first kappa shape index (κ1) is 12.1. The van der Waals surface area contributed by atoms with E-state index in [0.29, 0.717) is 0 Å². The van der Waals surface area contributed by atoms with Gasteiger partial charge in [0.25, 0.3) is 6.43 Å². The fourth-order valence-electron chi connectivity index (χ4n) is 0.561. The Morgan fingerprint density at radius 3 is 2.62 bits per heavy atom. The second-order valence-corrected chi connectivity index (χ2v) is 2.59. The summed E-state index contributed by atoms with van der Waals surface area (Å²) in [6, 6.07) is -0.263. The molecule has 0 aliphatic rings. The molecule has 0 saturated heterocycles. The maximum Gasteiger partial charge on any atom is 0.316 e. The van der Waals surface area contributed by atoms with Crippen molar-refractivity contribution in [2.24, 2.45) is 0 Å². The van der Waals surface area contributed by atoms with Crippen molar-refractivity contribution in [3.8, 4) is 0 Å². The van der Waals surface area contributed by atoms with Crippen molar-refractivity contribution in [1.82, 2.24) is 10.2 Å². The second kappa shape index (κ2) is 6.59. The van der Waals surface area contributed by atoms with Crippen LogP contribution in [-0.4, -0.2) is 51.2 Å². The molecule has 0 heterocycles. The molecule has 0 aromatic carbocycles. The first-order valence-electron chi connectivity index (χ1n) is 3.85.